The maximum absolute atomic E-state index is 12.7. The average molecular weight is 305 g/mol. The molecule has 2 rings (SSSR count). The number of nitrogens with one attached hydrogen (secondary N) is 1. The van der Waals surface area contributed by atoms with Gasteiger partial charge in [-0.3, -0.25) is 4.79 Å². The van der Waals surface area contributed by atoms with Crippen molar-refractivity contribution in [2.24, 2.45) is 5.73 Å². The summed E-state index contributed by atoms with van der Waals surface area (Å²) in [6, 6.07) is 9.16. The van der Waals surface area contributed by atoms with Gasteiger partial charge in [0.1, 0.15) is 28.9 Å². The molecule has 0 atom stereocenters. The molecule has 0 spiro atoms. The van der Waals surface area contributed by atoms with Gasteiger partial charge < -0.3 is 15.8 Å². The minimum atomic E-state index is -0.495. The molecule has 0 radical (unpaired) electrons. The lowest BCUT2D eigenvalue weighted by Crippen LogP contribution is -2.17. The van der Waals surface area contributed by atoms with Crippen LogP contribution in [-0.4, -0.2) is 22.5 Å². The number of nitrogens with zero attached hydrogens (tertiary/aromatic N) is 1. The molecular weight excluding hydrogens is 293 g/mol. The lowest BCUT2D eigenvalue weighted by molar-refractivity contribution is 0.102. The van der Waals surface area contributed by atoms with Crippen LogP contribution in [0.25, 0.3) is 0 Å². The average Bonchev–Trinajstić information content (AvgIpc) is 2.47. The van der Waals surface area contributed by atoms with Crippen molar-refractivity contribution in [2.45, 2.75) is 0 Å². The summed E-state index contributed by atoms with van der Waals surface area (Å²) in [6.07, 6.45) is 0.988. The van der Waals surface area contributed by atoms with Gasteiger partial charge in [0.15, 0.2) is 0 Å². The Balaban J connectivity index is 1.98. The number of pyridine rings is 1. The number of halogens is 1. The van der Waals surface area contributed by atoms with Gasteiger partial charge in [0.25, 0.3) is 5.91 Å². The molecule has 1 heterocycles. The molecule has 108 valence electrons. The second kappa shape index (κ2) is 6.76. The van der Waals surface area contributed by atoms with Crippen molar-refractivity contribution >= 4 is 28.8 Å². The molecular formula is C14H12FN3O2S. The van der Waals surface area contributed by atoms with Crippen LogP contribution in [-0.2, 0) is 0 Å². The first-order valence-electron chi connectivity index (χ1n) is 5.98. The second-order valence-electron chi connectivity index (χ2n) is 4.10. The molecule has 0 bridgehead atoms. The molecule has 5 nitrogen and oxygen atoms in total. The van der Waals surface area contributed by atoms with Crippen LogP contribution in [0.4, 0.5) is 10.1 Å². The fraction of sp³-hybridized carbons (Fsp3) is 0.0714. The van der Waals surface area contributed by atoms with Gasteiger partial charge >= 0.3 is 0 Å². The van der Waals surface area contributed by atoms with Gasteiger partial charge in [0, 0.05) is 5.69 Å². The molecule has 0 aliphatic heterocycles. The highest BCUT2D eigenvalue weighted by atomic mass is 32.1. The molecule has 1 aromatic heterocycles. The number of aromatic nitrogens is 1. The normalized spacial score (nSPS) is 9.95. The number of carbonyl (C=O) groups excluding carboxylic acids is 1. The SMILES string of the molecule is NC(=S)COc1ccc(NC(=O)c2ccc(F)cn2)cc1. The Bertz CT molecular complexity index is 644. The van der Waals surface area contributed by atoms with Crippen molar-refractivity contribution in [3.8, 4) is 5.75 Å². The lowest BCUT2D eigenvalue weighted by atomic mass is 10.2. The molecule has 7 heteroatoms. The lowest BCUT2D eigenvalue weighted by Gasteiger charge is -2.07. The molecule has 1 aromatic carbocycles. The fourth-order valence-electron chi connectivity index (χ4n) is 1.49. The number of anilines is 1. The highest BCUT2D eigenvalue weighted by molar-refractivity contribution is 7.80. The van der Waals surface area contributed by atoms with Crippen molar-refractivity contribution in [1.29, 1.82) is 0 Å². The molecule has 3 N–H and O–H groups in total. The molecule has 0 saturated heterocycles. The molecule has 0 saturated carbocycles. The van der Waals surface area contributed by atoms with Crippen LogP contribution < -0.4 is 15.8 Å². The Kier molecular flexibility index (Phi) is 4.78. The van der Waals surface area contributed by atoms with Gasteiger partial charge in [0.2, 0.25) is 0 Å². The summed E-state index contributed by atoms with van der Waals surface area (Å²) >= 11 is 4.70. The Morgan fingerprint density at radius 3 is 2.57 bits per heavy atom. The minimum absolute atomic E-state index is 0.130. The Morgan fingerprint density at radius 1 is 1.29 bits per heavy atom. The monoisotopic (exact) mass is 305 g/mol. The van der Waals surface area contributed by atoms with Gasteiger partial charge in [-0.1, -0.05) is 12.2 Å². The zero-order chi connectivity index (χ0) is 15.2. The van der Waals surface area contributed by atoms with Crippen molar-refractivity contribution in [3.63, 3.8) is 0 Å². The van der Waals surface area contributed by atoms with Crippen LogP contribution in [0.5, 0.6) is 5.75 Å². The summed E-state index contributed by atoms with van der Waals surface area (Å²) < 4.78 is 18.0. The van der Waals surface area contributed by atoms with Gasteiger partial charge in [-0.25, -0.2) is 9.37 Å². The zero-order valence-electron chi connectivity index (χ0n) is 10.9. The smallest absolute Gasteiger partial charge is 0.274 e. The molecule has 21 heavy (non-hydrogen) atoms. The van der Waals surface area contributed by atoms with E-state index in [1.807, 2.05) is 0 Å². The van der Waals surface area contributed by atoms with Crippen LogP contribution >= 0.6 is 12.2 Å². The van der Waals surface area contributed by atoms with Crippen molar-refractivity contribution in [2.75, 3.05) is 11.9 Å². The summed E-state index contributed by atoms with van der Waals surface area (Å²) in [5.41, 5.74) is 6.02. The Labute approximate surface area is 125 Å². The molecule has 2 aromatic rings. The predicted octanol–water partition coefficient (Wildman–Crippen LogP) is 2.14. The predicted molar refractivity (Wildman–Crippen MR) is 80.9 cm³/mol. The number of hydrogen-bond donors (Lipinski definition) is 2. The third-order valence-electron chi connectivity index (χ3n) is 2.45. The topological polar surface area (TPSA) is 77.2 Å². The number of carbonyl (C=O) groups is 1. The molecule has 0 fully saturated rings. The van der Waals surface area contributed by atoms with Crippen LogP contribution in [0.3, 0.4) is 0 Å². The van der Waals surface area contributed by atoms with Crippen LogP contribution in [0.1, 0.15) is 10.5 Å². The number of thiocarbonyl (C=S) groups is 1. The second-order valence-corrected chi connectivity index (χ2v) is 4.62. The van der Waals surface area contributed by atoms with Gasteiger partial charge in [-0.15, -0.1) is 0 Å². The zero-order valence-corrected chi connectivity index (χ0v) is 11.7. The first-order valence-corrected chi connectivity index (χ1v) is 6.39. The standard InChI is InChI=1S/C14H12FN3O2S/c15-9-1-6-12(17-7-9)14(19)18-10-2-4-11(5-3-10)20-8-13(16)21/h1-7H,8H2,(H2,16,21)(H,18,19). The van der Waals surface area contributed by atoms with Crippen molar-refractivity contribution in [1.82, 2.24) is 4.98 Å². The maximum atomic E-state index is 12.7. The molecule has 0 unspecified atom stereocenters. The van der Waals surface area contributed by atoms with Crippen LogP contribution in [0.2, 0.25) is 0 Å². The number of benzene rings is 1. The summed E-state index contributed by atoms with van der Waals surface area (Å²) in [5, 5.41) is 2.64. The molecule has 0 aliphatic rings. The van der Waals surface area contributed by atoms with Gasteiger partial charge in [-0.2, -0.15) is 0 Å². The summed E-state index contributed by atoms with van der Waals surface area (Å²) in [7, 11) is 0. The maximum Gasteiger partial charge on any atom is 0.274 e. The van der Waals surface area contributed by atoms with E-state index in [0.29, 0.717) is 11.4 Å². The van der Waals surface area contributed by atoms with E-state index < -0.39 is 11.7 Å². The fourth-order valence-corrected chi connectivity index (χ4v) is 1.55. The highest BCUT2D eigenvalue weighted by Gasteiger charge is 2.07. The first kappa shape index (κ1) is 14.9. The number of amides is 1. The van der Waals surface area contributed by atoms with E-state index in [0.717, 1.165) is 6.20 Å². The molecule has 1 amide bonds. The van der Waals surface area contributed by atoms with E-state index in [-0.39, 0.29) is 17.3 Å². The third kappa shape index (κ3) is 4.50. The van der Waals surface area contributed by atoms with Crippen molar-refractivity contribution < 1.29 is 13.9 Å². The summed E-state index contributed by atoms with van der Waals surface area (Å²) in [4.78, 5) is 15.8. The molecule has 0 aliphatic carbocycles. The Morgan fingerprint density at radius 2 is 2.00 bits per heavy atom. The largest absolute Gasteiger partial charge is 0.487 e. The van der Waals surface area contributed by atoms with E-state index >= 15 is 0 Å². The minimum Gasteiger partial charge on any atom is -0.487 e. The van der Waals surface area contributed by atoms with Crippen LogP contribution in [0, 0.1) is 5.82 Å². The first-order chi connectivity index (χ1) is 10.0. The summed E-state index contributed by atoms with van der Waals surface area (Å²) in [5.74, 6) is -0.335. The third-order valence-corrected chi connectivity index (χ3v) is 2.57. The van der Waals surface area contributed by atoms with Gasteiger partial charge in [0.05, 0.1) is 6.20 Å². The quantitative estimate of drug-likeness (QED) is 0.828. The van der Waals surface area contributed by atoms with E-state index in [1.165, 1.54) is 12.1 Å². The van der Waals surface area contributed by atoms with Crippen molar-refractivity contribution in [3.05, 3.63) is 54.1 Å². The number of rotatable bonds is 5. The number of nitrogens with two attached hydrogens (primary N) is 1. The van der Waals surface area contributed by atoms with E-state index in [4.69, 9.17) is 22.7 Å². The van der Waals surface area contributed by atoms with E-state index in [1.54, 1.807) is 24.3 Å². The van der Waals surface area contributed by atoms with E-state index in [2.05, 4.69) is 10.3 Å². The number of hydrogen-bond acceptors (Lipinski definition) is 4. The van der Waals surface area contributed by atoms with Crippen LogP contribution in [0.15, 0.2) is 42.6 Å². The highest BCUT2D eigenvalue weighted by Crippen LogP contribution is 2.16. The van der Waals surface area contributed by atoms with E-state index in [9.17, 15) is 9.18 Å². The van der Waals surface area contributed by atoms with Gasteiger partial charge in [-0.05, 0) is 36.4 Å². The number of ether oxygens (including phenoxy) is 1. The summed E-state index contributed by atoms with van der Waals surface area (Å²) in [6.45, 7) is 0.153. The Hall–Kier alpha value is -2.54.